The molecule has 0 radical (unpaired) electrons. The Morgan fingerprint density at radius 3 is 2.49 bits per heavy atom. The zero-order valence-corrected chi connectivity index (χ0v) is 21.5. The predicted octanol–water partition coefficient (Wildman–Crippen LogP) is 4.72. The molecule has 2 aliphatic heterocycles. The van der Waals surface area contributed by atoms with Gasteiger partial charge in [0.15, 0.2) is 17.7 Å². The van der Waals surface area contributed by atoms with E-state index in [-0.39, 0.29) is 0 Å². The van der Waals surface area contributed by atoms with Crippen molar-refractivity contribution in [1.82, 2.24) is 29.3 Å². The topological polar surface area (TPSA) is 99.9 Å². The number of nitrogens with zero attached hydrogens (tertiary/aromatic N) is 7. The van der Waals surface area contributed by atoms with Crippen molar-refractivity contribution < 1.29 is 0 Å². The average Bonchev–Trinajstić information content (AvgIpc) is 3.55. The number of hydrogen-bond donors (Lipinski definition) is 1. The third-order valence-electron chi connectivity index (χ3n) is 7.97. The van der Waals surface area contributed by atoms with Crippen LogP contribution in [0.2, 0.25) is 0 Å². The van der Waals surface area contributed by atoms with Crippen LogP contribution < -0.4 is 5.73 Å². The minimum absolute atomic E-state index is 0.298. The number of benzene rings is 2. The van der Waals surface area contributed by atoms with Crippen molar-refractivity contribution in [2.75, 3.05) is 31.9 Å². The first-order valence-corrected chi connectivity index (χ1v) is 13.2. The quantitative estimate of drug-likeness (QED) is 0.340. The molecule has 0 bridgehead atoms. The molecule has 2 aliphatic rings. The minimum atomic E-state index is 0.298. The summed E-state index contributed by atoms with van der Waals surface area (Å²) in [5.41, 5.74) is 13.1. The summed E-state index contributed by atoms with van der Waals surface area (Å²) < 4.78 is 2.08. The fourth-order valence-corrected chi connectivity index (χ4v) is 6.02. The van der Waals surface area contributed by atoms with Gasteiger partial charge in [0.25, 0.3) is 0 Å². The maximum Gasteiger partial charge on any atom is 0.179 e. The maximum atomic E-state index is 9.12. The number of anilines is 1. The van der Waals surface area contributed by atoms with Gasteiger partial charge in [0, 0.05) is 49.0 Å². The van der Waals surface area contributed by atoms with Crippen molar-refractivity contribution in [2.45, 2.75) is 13.0 Å². The summed E-state index contributed by atoms with van der Waals surface area (Å²) >= 11 is 0. The monoisotopic (exact) mass is 512 g/mol. The summed E-state index contributed by atoms with van der Waals surface area (Å²) in [6.07, 6.45) is 5.13. The van der Waals surface area contributed by atoms with Gasteiger partial charge in [-0.15, -0.1) is 0 Å². The molecular weight excluding hydrogens is 484 g/mol. The number of aromatic nitrogens is 4. The first-order valence-electron chi connectivity index (χ1n) is 13.2. The highest BCUT2D eigenvalue weighted by molar-refractivity contribution is 5.84. The highest BCUT2D eigenvalue weighted by atomic mass is 15.3. The summed E-state index contributed by atoms with van der Waals surface area (Å²) in [5.74, 6) is 1.15. The molecule has 5 aromatic rings. The van der Waals surface area contributed by atoms with Gasteiger partial charge in [-0.25, -0.2) is 15.0 Å². The number of nitrogen functional groups attached to an aromatic ring is 1. The van der Waals surface area contributed by atoms with Crippen molar-refractivity contribution >= 4 is 17.0 Å². The summed E-state index contributed by atoms with van der Waals surface area (Å²) in [7, 11) is 0. The summed E-state index contributed by atoms with van der Waals surface area (Å²) in [4.78, 5) is 18.7. The number of likely N-dealkylation sites (tertiary alicyclic amines) is 2. The summed E-state index contributed by atoms with van der Waals surface area (Å²) in [6, 6.07) is 26.7. The van der Waals surface area contributed by atoms with E-state index in [4.69, 9.17) is 21.0 Å². The molecule has 3 aromatic heterocycles. The molecule has 0 unspecified atom stereocenters. The Hall–Kier alpha value is -4.74. The molecular formula is C31H28N8. The van der Waals surface area contributed by atoms with E-state index in [2.05, 4.69) is 57.0 Å². The lowest BCUT2D eigenvalue weighted by Gasteiger charge is -2.45. The molecule has 0 amide bonds. The van der Waals surface area contributed by atoms with Gasteiger partial charge >= 0.3 is 0 Å². The van der Waals surface area contributed by atoms with Crippen molar-refractivity contribution in [3.05, 3.63) is 90.6 Å². The van der Waals surface area contributed by atoms with E-state index in [1.165, 1.54) is 5.56 Å². The van der Waals surface area contributed by atoms with Crippen LogP contribution in [0, 0.1) is 16.9 Å². The second-order valence-corrected chi connectivity index (χ2v) is 10.7. The van der Waals surface area contributed by atoms with E-state index in [0.29, 0.717) is 11.2 Å². The smallest absolute Gasteiger partial charge is 0.179 e. The lowest BCUT2D eigenvalue weighted by Crippen LogP contribution is -2.55. The van der Waals surface area contributed by atoms with Crippen LogP contribution in [0.5, 0.6) is 0 Å². The number of imidazole rings is 1. The molecule has 1 spiro atoms. The number of fused-ring (bicyclic) bond motifs is 1. The van der Waals surface area contributed by atoms with Gasteiger partial charge in [-0.3, -0.25) is 9.47 Å². The molecule has 2 aromatic carbocycles. The fourth-order valence-electron chi connectivity index (χ4n) is 6.02. The Balaban J connectivity index is 1.24. The molecule has 39 heavy (non-hydrogen) atoms. The van der Waals surface area contributed by atoms with Crippen LogP contribution in [-0.2, 0) is 6.54 Å². The van der Waals surface area contributed by atoms with E-state index in [1.807, 2.05) is 47.4 Å². The molecule has 7 rings (SSSR count). The van der Waals surface area contributed by atoms with Crippen molar-refractivity contribution in [1.29, 1.82) is 5.26 Å². The van der Waals surface area contributed by atoms with Gasteiger partial charge < -0.3 is 10.6 Å². The molecule has 2 fully saturated rings. The Kier molecular flexibility index (Phi) is 5.53. The van der Waals surface area contributed by atoms with Gasteiger partial charge in [0.05, 0.1) is 11.3 Å². The van der Waals surface area contributed by atoms with Gasteiger partial charge in [-0.1, -0.05) is 42.5 Å². The first-order chi connectivity index (χ1) is 19.1. The molecule has 0 aliphatic carbocycles. The van der Waals surface area contributed by atoms with Crippen LogP contribution >= 0.6 is 0 Å². The van der Waals surface area contributed by atoms with Crippen LogP contribution in [0.15, 0.2) is 85.1 Å². The molecule has 0 atom stereocenters. The van der Waals surface area contributed by atoms with Gasteiger partial charge in [0.1, 0.15) is 11.3 Å². The van der Waals surface area contributed by atoms with E-state index in [0.717, 1.165) is 78.6 Å². The molecule has 5 heterocycles. The fraction of sp³-hybridized carbons (Fsp3) is 0.226. The lowest BCUT2D eigenvalue weighted by molar-refractivity contribution is 0.0550. The number of hydrogen-bond acceptors (Lipinski definition) is 7. The third kappa shape index (κ3) is 4.17. The molecule has 192 valence electrons. The van der Waals surface area contributed by atoms with Gasteiger partial charge in [0.2, 0.25) is 0 Å². The van der Waals surface area contributed by atoms with Gasteiger partial charge in [-0.2, -0.15) is 5.26 Å². The largest absolute Gasteiger partial charge is 0.383 e. The average molecular weight is 513 g/mol. The van der Waals surface area contributed by atoms with Crippen LogP contribution in [0.1, 0.15) is 12.0 Å². The predicted molar refractivity (Wildman–Crippen MR) is 151 cm³/mol. The molecule has 0 saturated carbocycles. The lowest BCUT2D eigenvalue weighted by atomic mass is 9.79. The number of nitrogens with two attached hydrogens (primary N) is 1. The number of rotatable bonds is 5. The highest BCUT2D eigenvalue weighted by Gasteiger charge is 2.47. The van der Waals surface area contributed by atoms with Gasteiger partial charge in [-0.05, 0) is 54.9 Å². The van der Waals surface area contributed by atoms with Crippen LogP contribution in [-0.4, -0.2) is 55.5 Å². The molecule has 2 saturated heterocycles. The van der Waals surface area contributed by atoms with E-state index in [1.54, 1.807) is 6.20 Å². The van der Waals surface area contributed by atoms with Crippen molar-refractivity contribution in [3.8, 4) is 34.5 Å². The van der Waals surface area contributed by atoms with Crippen LogP contribution in [0.4, 0.5) is 5.82 Å². The third-order valence-corrected chi connectivity index (χ3v) is 7.97. The Morgan fingerprint density at radius 2 is 1.72 bits per heavy atom. The molecule has 8 nitrogen and oxygen atoms in total. The Labute approximate surface area is 227 Å². The van der Waals surface area contributed by atoms with Crippen molar-refractivity contribution in [2.24, 2.45) is 5.41 Å². The van der Waals surface area contributed by atoms with E-state index < -0.39 is 0 Å². The number of pyridine rings is 2. The minimum Gasteiger partial charge on any atom is -0.383 e. The van der Waals surface area contributed by atoms with E-state index >= 15 is 0 Å². The van der Waals surface area contributed by atoms with Crippen LogP contribution in [0.25, 0.3) is 39.5 Å². The van der Waals surface area contributed by atoms with Crippen molar-refractivity contribution in [3.63, 3.8) is 0 Å². The van der Waals surface area contributed by atoms with Crippen LogP contribution in [0.3, 0.4) is 0 Å². The Morgan fingerprint density at radius 1 is 0.897 bits per heavy atom. The molecule has 8 heteroatoms. The zero-order valence-electron chi connectivity index (χ0n) is 21.5. The Bertz CT molecular complexity index is 1690. The highest BCUT2D eigenvalue weighted by Crippen LogP contribution is 2.39. The number of nitriles is 1. The summed E-state index contributed by atoms with van der Waals surface area (Å²) in [6.45, 7) is 4.81. The normalized spacial score (nSPS) is 16.4. The first kappa shape index (κ1) is 23.4. The second kappa shape index (κ2) is 9.22. The second-order valence-electron chi connectivity index (χ2n) is 10.7. The van der Waals surface area contributed by atoms with E-state index in [9.17, 15) is 0 Å². The zero-order chi connectivity index (χ0) is 26.4. The summed E-state index contributed by atoms with van der Waals surface area (Å²) in [5, 5.41) is 9.12. The standard InChI is InChI=1S/C31H28N8/c32-21-38-19-31(20-38)14-16-37(18-31)17-22-8-10-24(11-9-22)39-29(25-7-4-15-34-28(25)33)36-27-13-12-26(35-30(27)39)23-5-2-1-3-6-23/h1-13,15H,14,16-20H2,(H2,33,34). The maximum absolute atomic E-state index is 9.12. The SMILES string of the molecule is N#CN1CC2(CCN(Cc3ccc(-n4c(-c5cccnc5N)nc5ccc(-c6ccccc6)nc54)cc3)C2)C1. The molecule has 2 N–H and O–H groups in total.